The number of amides is 1. The highest BCUT2D eigenvalue weighted by Gasteiger charge is 2.23. The van der Waals surface area contributed by atoms with E-state index in [1.54, 1.807) is 13.0 Å². The molecule has 0 aliphatic rings. The Morgan fingerprint density at radius 3 is 2.38 bits per heavy atom. The molecule has 0 aliphatic carbocycles. The van der Waals surface area contributed by atoms with Crippen LogP contribution >= 0.6 is 23.2 Å². The van der Waals surface area contributed by atoms with Crippen LogP contribution in [0.2, 0.25) is 10.0 Å². The summed E-state index contributed by atoms with van der Waals surface area (Å²) in [5.74, 6) is -0.227. The van der Waals surface area contributed by atoms with Crippen LogP contribution in [-0.4, -0.2) is 39.3 Å². The van der Waals surface area contributed by atoms with Crippen molar-refractivity contribution in [3.63, 3.8) is 0 Å². The molecule has 0 heterocycles. The van der Waals surface area contributed by atoms with Gasteiger partial charge in [-0.3, -0.25) is 4.79 Å². The summed E-state index contributed by atoms with van der Waals surface area (Å²) in [5, 5.41) is 3.23. The predicted octanol–water partition coefficient (Wildman–Crippen LogP) is 3.89. The molecule has 0 radical (unpaired) electrons. The van der Waals surface area contributed by atoms with Crippen molar-refractivity contribution in [3.05, 3.63) is 52.0 Å². The highest BCUT2D eigenvalue weighted by atomic mass is 35.5. The van der Waals surface area contributed by atoms with E-state index in [9.17, 15) is 13.2 Å². The number of rotatable bonds is 6. The van der Waals surface area contributed by atoms with E-state index in [1.165, 1.54) is 44.4 Å². The van der Waals surface area contributed by atoms with Crippen LogP contribution in [0.1, 0.15) is 17.3 Å². The van der Waals surface area contributed by atoms with Gasteiger partial charge in [-0.05, 0) is 43.3 Å². The Labute approximate surface area is 162 Å². The van der Waals surface area contributed by atoms with Crippen LogP contribution in [0.25, 0.3) is 0 Å². The van der Waals surface area contributed by atoms with E-state index >= 15 is 0 Å². The van der Waals surface area contributed by atoms with Gasteiger partial charge in [-0.1, -0.05) is 23.2 Å². The Bertz CT molecular complexity index is 930. The minimum absolute atomic E-state index is 0.0312. The van der Waals surface area contributed by atoms with Crippen molar-refractivity contribution in [2.75, 3.05) is 26.0 Å². The molecule has 1 N–H and O–H groups in total. The number of hydrogen-bond donors (Lipinski definition) is 1. The van der Waals surface area contributed by atoms with Crippen molar-refractivity contribution in [2.45, 2.75) is 11.8 Å². The van der Waals surface area contributed by atoms with Gasteiger partial charge in [0.2, 0.25) is 10.0 Å². The molecule has 0 fully saturated rings. The molecule has 0 spiro atoms. The lowest BCUT2D eigenvalue weighted by molar-refractivity contribution is 0.102. The molecule has 2 aromatic rings. The Kier molecular flexibility index (Phi) is 6.52. The number of hydrogen-bond acceptors (Lipinski definition) is 4. The molecule has 1 amide bonds. The average Bonchev–Trinajstić information content (AvgIpc) is 2.58. The number of carbonyl (C=O) groups is 1. The van der Waals surface area contributed by atoms with Gasteiger partial charge in [0.15, 0.2) is 0 Å². The summed E-state index contributed by atoms with van der Waals surface area (Å²) in [6, 6.07) is 8.90. The minimum Gasteiger partial charge on any atom is -0.492 e. The zero-order valence-electron chi connectivity index (χ0n) is 14.4. The first-order valence-electron chi connectivity index (χ1n) is 7.62. The molecule has 0 bridgehead atoms. The lowest BCUT2D eigenvalue weighted by Crippen LogP contribution is -2.23. The first-order chi connectivity index (χ1) is 12.2. The van der Waals surface area contributed by atoms with Crippen LogP contribution in [0.3, 0.4) is 0 Å². The van der Waals surface area contributed by atoms with Gasteiger partial charge >= 0.3 is 0 Å². The second-order valence-electron chi connectivity index (χ2n) is 5.46. The molecule has 0 aliphatic heterocycles. The molecule has 0 saturated heterocycles. The van der Waals surface area contributed by atoms with E-state index in [4.69, 9.17) is 27.9 Å². The quantitative estimate of drug-likeness (QED) is 0.774. The number of sulfonamides is 1. The maximum Gasteiger partial charge on any atom is 0.255 e. The molecule has 140 valence electrons. The Hall–Kier alpha value is -1.80. The van der Waals surface area contributed by atoms with Crippen LogP contribution in [0.5, 0.6) is 5.75 Å². The summed E-state index contributed by atoms with van der Waals surface area (Å²) < 4.78 is 31.5. The van der Waals surface area contributed by atoms with Gasteiger partial charge in [-0.25, -0.2) is 12.7 Å². The summed E-state index contributed by atoms with van der Waals surface area (Å²) in [6.07, 6.45) is 0. The minimum atomic E-state index is -3.75. The lowest BCUT2D eigenvalue weighted by Gasteiger charge is -2.16. The van der Waals surface area contributed by atoms with Crippen LogP contribution < -0.4 is 10.1 Å². The molecule has 0 unspecified atom stereocenters. The molecule has 2 aromatic carbocycles. The summed E-state index contributed by atoms with van der Waals surface area (Å²) >= 11 is 11.8. The van der Waals surface area contributed by atoms with Crippen molar-refractivity contribution in [1.82, 2.24) is 4.31 Å². The fraction of sp³-hybridized carbons (Fsp3) is 0.235. The molecule has 2 rings (SSSR count). The zero-order valence-corrected chi connectivity index (χ0v) is 16.7. The van der Waals surface area contributed by atoms with E-state index < -0.39 is 15.9 Å². The van der Waals surface area contributed by atoms with Gasteiger partial charge in [-0.15, -0.1) is 0 Å². The van der Waals surface area contributed by atoms with Crippen LogP contribution in [0.4, 0.5) is 5.69 Å². The maximum atomic E-state index is 12.5. The fourth-order valence-electron chi connectivity index (χ4n) is 2.10. The molecule has 0 atom stereocenters. The predicted molar refractivity (Wildman–Crippen MR) is 103 cm³/mol. The topological polar surface area (TPSA) is 75.7 Å². The molecular formula is C17H18Cl2N2O4S. The smallest absolute Gasteiger partial charge is 0.255 e. The van der Waals surface area contributed by atoms with E-state index in [0.29, 0.717) is 22.9 Å². The van der Waals surface area contributed by atoms with Crippen LogP contribution in [-0.2, 0) is 10.0 Å². The van der Waals surface area contributed by atoms with Gasteiger partial charge < -0.3 is 10.1 Å². The van der Waals surface area contributed by atoms with Crippen LogP contribution in [0.15, 0.2) is 41.3 Å². The highest BCUT2D eigenvalue weighted by molar-refractivity contribution is 7.89. The number of carbonyl (C=O) groups excluding carboxylic acids is 1. The number of nitrogens with one attached hydrogen (secondary N) is 1. The average molecular weight is 417 g/mol. The summed E-state index contributed by atoms with van der Waals surface area (Å²) in [5.41, 5.74) is 0.607. The second-order valence-corrected chi connectivity index (χ2v) is 8.40. The normalized spacial score (nSPS) is 11.5. The van der Waals surface area contributed by atoms with Gasteiger partial charge in [-0.2, -0.15) is 0 Å². The van der Waals surface area contributed by atoms with Crippen molar-refractivity contribution in [2.24, 2.45) is 0 Å². The summed E-state index contributed by atoms with van der Waals surface area (Å²) in [6.45, 7) is 2.07. The third-order valence-corrected chi connectivity index (χ3v) is 6.02. The number of halogens is 2. The van der Waals surface area contributed by atoms with Crippen molar-refractivity contribution in [3.8, 4) is 5.75 Å². The third kappa shape index (κ3) is 4.48. The van der Waals surface area contributed by atoms with Crippen molar-refractivity contribution < 1.29 is 17.9 Å². The molecular weight excluding hydrogens is 399 g/mol. The Morgan fingerprint density at radius 1 is 1.12 bits per heavy atom. The second kappa shape index (κ2) is 8.26. The summed E-state index contributed by atoms with van der Waals surface area (Å²) in [4.78, 5) is 12.3. The largest absolute Gasteiger partial charge is 0.492 e. The molecule has 6 nitrogen and oxygen atoms in total. The SMILES string of the molecule is CCOc1ccc(NC(=O)c2ccc(Cl)c(Cl)c2)cc1S(=O)(=O)N(C)C. The van der Waals surface area contributed by atoms with Crippen LogP contribution in [0, 0.1) is 0 Å². The van der Waals surface area contributed by atoms with E-state index in [1.807, 2.05) is 0 Å². The van der Waals surface area contributed by atoms with Crippen molar-refractivity contribution >= 4 is 44.8 Å². The maximum absolute atomic E-state index is 12.5. The van der Waals surface area contributed by atoms with Gasteiger partial charge in [0.05, 0.1) is 16.7 Å². The van der Waals surface area contributed by atoms with E-state index in [2.05, 4.69) is 5.32 Å². The number of nitrogens with zero attached hydrogens (tertiary/aromatic N) is 1. The molecule has 9 heteroatoms. The number of ether oxygens (including phenoxy) is 1. The third-order valence-electron chi connectivity index (χ3n) is 3.44. The Balaban J connectivity index is 2.38. The fourth-order valence-corrected chi connectivity index (χ4v) is 3.45. The lowest BCUT2D eigenvalue weighted by atomic mass is 10.2. The monoisotopic (exact) mass is 416 g/mol. The highest BCUT2D eigenvalue weighted by Crippen LogP contribution is 2.30. The van der Waals surface area contributed by atoms with Crippen molar-refractivity contribution in [1.29, 1.82) is 0 Å². The molecule has 26 heavy (non-hydrogen) atoms. The standard InChI is InChI=1S/C17H18Cl2N2O4S/c1-4-25-15-8-6-12(10-16(15)26(23,24)21(2)3)20-17(22)11-5-7-13(18)14(19)9-11/h5-10H,4H2,1-3H3,(H,20,22). The first kappa shape index (κ1) is 20.5. The van der Waals surface area contributed by atoms with Gasteiger partial charge in [0, 0.05) is 25.3 Å². The van der Waals surface area contributed by atoms with E-state index in [0.717, 1.165) is 4.31 Å². The zero-order chi connectivity index (χ0) is 19.5. The van der Waals surface area contributed by atoms with Gasteiger partial charge in [0.1, 0.15) is 10.6 Å². The Morgan fingerprint density at radius 2 is 1.81 bits per heavy atom. The first-order valence-corrected chi connectivity index (χ1v) is 9.82. The summed E-state index contributed by atoms with van der Waals surface area (Å²) in [7, 11) is -0.901. The number of benzene rings is 2. The molecule has 0 aromatic heterocycles. The van der Waals surface area contributed by atoms with E-state index in [-0.39, 0.29) is 15.7 Å². The molecule has 0 saturated carbocycles. The van der Waals surface area contributed by atoms with Gasteiger partial charge in [0.25, 0.3) is 5.91 Å². The number of anilines is 1.